The lowest BCUT2D eigenvalue weighted by atomic mass is 10.1. The molecule has 1 aromatic rings. The smallest absolute Gasteiger partial charge is 0.222 e. The Kier molecular flexibility index (Phi) is 5.00. The van der Waals surface area contributed by atoms with Crippen molar-refractivity contribution in [1.82, 2.24) is 9.80 Å². The van der Waals surface area contributed by atoms with E-state index in [1.807, 2.05) is 4.90 Å². The minimum Gasteiger partial charge on any atom is -0.340 e. The lowest BCUT2D eigenvalue weighted by Gasteiger charge is -2.32. The molecular weight excluding hydrogens is 339 g/mol. The van der Waals surface area contributed by atoms with Gasteiger partial charge in [0.1, 0.15) is 0 Å². The van der Waals surface area contributed by atoms with Crippen molar-refractivity contribution in [3.8, 4) is 0 Å². The van der Waals surface area contributed by atoms with Gasteiger partial charge < -0.3 is 9.80 Å². The second-order valence-electron chi connectivity index (χ2n) is 4.81. The van der Waals surface area contributed by atoms with Crippen LogP contribution in [0.25, 0.3) is 0 Å². The largest absolute Gasteiger partial charge is 0.340 e. The third-order valence-electron chi connectivity index (χ3n) is 3.40. The minimum absolute atomic E-state index is 0.293. The molecule has 0 aliphatic carbocycles. The molecule has 0 radical (unpaired) electrons. The molecule has 4 heteroatoms. The maximum Gasteiger partial charge on any atom is 0.222 e. The van der Waals surface area contributed by atoms with Gasteiger partial charge in [0.15, 0.2) is 0 Å². The van der Waals surface area contributed by atoms with E-state index in [1.165, 1.54) is 9.13 Å². The summed E-state index contributed by atoms with van der Waals surface area (Å²) < 4.78 is 1.24. The average Bonchev–Trinajstić information content (AvgIpc) is 2.38. The Balaban J connectivity index is 1.79. The van der Waals surface area contributed by atoms with E-state index in [-0.39, 0.29) is 0 Å². The van der Waals surface area contributed by atoms with Crippen molar-refractivity contribution in [3.63, 3.8) is 0 Å². The van der Waals surface area contributed by atoms with Crippen LogP contribution in [0.5, 0.6) is 0 Å². The molecular formula is C14H19IN2O. The number of piperazine rings is 1. The molecule has 0 unspecified atom stereocenters. The number of aryl methyl sites for hydroxylation is 1. The van der Waals surface area contributed by atoms with Crippen LogP contribution in [0.2, 0.25) is 0 Å². The highest BCUT2D eigenvalue weighted by Gasteiger charge is 2.18. The Hall–Kier alpha value is -0.620. The summed E-state index contributed by atoms with van der Waals surface area (Å²) in [4.78, 5) is 16.3. The third-order valence-corrected chi connectivity index (χ3v) is 4.12. The number of carbonyl (C=O) groups is 1. The summed E-state index contributed by atoms with van der Waals surface area (Å²) in [5.74, 6) is 0.293. The van der Waals surface area contributed by atoms with E-state index in [9.17, 15) is 4.79 Å². The number of hydrogen-bond donors (Lipinski definition) is 0. The fraction of sp³-hybridized carbons (Fsp3) is 0.500. The molecule has 1 aliphatic heterocycles. The van der Waals surface area contributed by atoms with Crippen molar-refractivity contribution in [2.45, 2.75) is 12.8 Å². The van der Waals surface area contributed by atoms with Crippen molar-refractivity contribution >= 4 is 28.5 Å². The molecule has 0 aromatic heterocycles. The molecule has 3 nitrogen and oxygen atoms in total. The van der Waals surface area contributed by atoms with Crippen molar-refractivity contribution < 1.29 is 4.79 Å². The maximum atomic E-state index is 12.1. The summed E-state index contributed by atoms with van der Waals surface area (Å²) in [6, 6.07) is 8.41. The van der Waals surface area contributed by atoms with E-state index in [0.29, 0.717) is 12.3 Å². The molecule has 0 spiro atoms. The van der Waals surface area contributed by atoms with Gasteiger partial charge in [0.2, 0.25) is 5.91 Å². The van der Waals surface area contributed by atoms with Crippen molar-refractivity contribution in [3.05, 3.63) is 33.4 Å². The van der Waals surface area contributed by atoms with E-state index in [0.717, 1.165) is 32.6 Å². The van der Waals surface area contributed by atoms with Crippen LogP contribution in [0.15, 0.2) is 24.3 Å². The van der Waals surface area contributed by atoms with Crippen LogP contribution >= 0.6 is 22.6 Å². The highest BCUT2D eigenvalue weighted by Crippen LogP contribution is 2.10. The standard InChI is InChI=1S/C14H19IN2O/c1-16-8-10-17(11-9-16)14(18)7-4-12-2-5-13(15)6-3-12/h2-3,5-6H,4,7-11H2,1H3. The van der Waals surface area contributed by atoms with Gasteiger partial charge in [-0.2, -0.15) is 0 Å². The van der Waals surface area contributed by atoms with Crippen molar-refractivity contribution in [2.75, 3.05) is 33.2 Å². The monoisotopic (exact) mass is 358 g/mol. The zero-order valence-electron chi connectivity index (χ0n) is 10.7. The normalized spacial score (nSPS) is 16.9. The van der Waals surface area contributed by atoms with E-state index in [2.05, 4.69) is 58.8 Å². The fourth-order valence-electron chi connectivity index (χ4n) is 2.12. The number of nitrogens with zero attached hydrogens (tertiary/aromatic N) is 2. The first-order chi connectivity index (χ1) is 8.65. The topological polar surface area (TPSA) is 23.6 Å². The molecule has 1 heterocycles. The lowest BCUT2D eigenvalue weighted by molar-refractivity contribution is -0.132. The summed E-state index contributed by atoms with van der Waals surface area (Å²) in [6.45, 7) is 3.74. The Morgan fingerprint density at radius 1 is 1.17 bits per heavy atom. The summed E-state index contributed by atoms with van der Waals surface area (Å²) in [5, 5.41) is 0. The molecule has 1 fully saturated rings. The van der Waals surface area contributed by atoms with Gasteiger partial charge in [-0.1, -0.05) is 12.1 Å². The number of halogens is 1. The minimum atomic E-state index is 0.293. The molecule has 18 heavy (non-hydrogen) atoms. The molecule has 98 valence electrons. The highest BCUT2D eigenvalue weighted by atomic mass is 127. The molecule has 0 atom stereocenters. The quantitative estimate of drug-likeness (QED) is 0.772. The zero-order chi connectivity index (χ0) is 13.0. The summed E-state index contributed by atoms with van der Waals surface area (Å²) in [5.41, 5.74) is 1.25. The van der Waals surface area contributed by atoms with Crippen LogP contribution in [-0.4, -0.2) is 48.9 Å². The van der Waals surface area contributed by atoms with Crippen LogP contribution in [0.1, 0.15) is 12.0 Å². The Bertz CT molecular complexity index is 397. The Morgan fingerprint density at radius 3 is 2.39 bits per heavy atom. The first-order valence-corrected chi connectivity index (χ1v) is 7.44. The number of hydrogen-bond acceptors (Lipinski definition) is 2. The van der Waals surface area contributed by atoms with E-state index >= 15 is 0 Å². The summed E-state index contributed by atoms with van der Waals surface area (Å²) in [6.07, 6.45) is 1.48. The van der Waals surface area contributed by atoms with Crippen LogP contribution in [0.4, 0.5) is 0 Å². The highest BCUT2D eigenvalue weighted by molar-refractivity contribution is 14.1. The number of benzene rings is 1. The van der Waals surface area contributed by atoms with Crippen LogP contribution in [0.3, 0.4) is 0 Å². The molecule has 2 rings (SSSR count). The average molecular weight is 358 g/mol. The van der Waals surface area contributed by atoms with Crippen LogP contribution in [0, 0.1) is 3.57 Å². The second-order valence-corrected chi connectivity index (χ2v) is 6.06. The molecule has 0 bridgehead atoms. The first-order valence-electron chi connectivity index (χ1n) is 6.36. The zero-order valence-corrected chi connectivity index (χ0v) is 12.9. The van der Waals surface area contributed by atoms with Crippen molar-refractivity contribution in [1.29, 1.82) is 0 Å². The molecule has 0 saturated carbocycles. The molecule has 1 saturated heterocycles. The molecule has 1 amide bonds. The predicted octanol–water partition coefficient (Wildman–Crippen LogP) is 2.00. The lowest BCUT2D eigenvalue weighted by Crippen LogP contribution is -2.47. The Labute approximate surface area is 122 Å². The van der Waals surface area contributed by atoms with Gasteiger partial charge in [0, 0.05) is 36.2 Å². The fourth-order valence-corrected chi connectivity index (χ4v) is 2.48. The van der Waals surface area contributed by atoms with E-state index in [4.69, 9.17) is 0 Å². The van der Waals surface area contributed by atoms with Gasteiger partial charge in [-0.15, -0.1) is 0 Å². The van der Waals surface area contributed by atoms with Gasteiger partial charge in [0.25, 0.3) is 0 Å². The Morgan fingerprint density at radius 2 is 1.78 bits per heavy atom. The summed E-state index contributed by atoms with van der Waals surface area (Å²) in [7, 11) is 2.10. The number of amides is 1. The summed E-state index contributed by atoms with van der Waals surface area (Å²) >= 11 is 2.30. The van der Waals surface area contributed by atoms with E-state index < -0.39 is 0 Å². The molecule has 1 aliphatic rings. The van der Waals surface area contributed by atoms with E-state index in [1.54, 1.807) is 0 Å². The van der Waals surface area contributed by atoms with Crippen LogP contribution in [-0.2, 0) is 11.2 Å². The SMILES string of the molecule is CN1CCN(C(=O)CCc2ccc(I)cc2)CC1. The number of carbonyl (C=O) groups excluding carboxylic acids is 1. The number of rotatable bonds is 3. The van der Waals surface area contributed by atoms with Gasteiger partial charge in [-0.05, 0) is 53.8 Å². The number of likely N-dealkylation sites (N-methyl/N-ethyl adjacent to an activating group) is 1. The third kappa shape index (κ3) is 3.95. The first kappa shape index (κ1) is 13.8. The van der Waals surface area contributed by atoms with Gasteiger partial charge in [0.05, 0.1) is 0 Å². The predicted molar refractivity (Wildman–Crippen MR) is 81.6 cm³/mol. The maximum absolute atomic E-state index is 12.1. The van der Waals surface area contributed by atoms with Gasteiger partial charge in [-0.3, -0.25) is 4.79 Å². The van der Waals surface area contributed by atoms with Gasteiger partial charge >= 0.3 is 0 Å². The molecule has 0 N–H and O–H groups in total. The molecule has 1 aromatic carbocycles. The van der Waals surface area contributed by atoms with Gasteiger partial charge in [-0.25, -0.2) is 0 Å². The van der Waals surface area contributed by atoms with Crippen LogP contribution < -0.4 is 0 Å². The second kappa shape index (κ2) is 6.52. The van der Waals surface area contributed by atoms with Crippen molar-refractivity contribution in [2.24, 2.45) is 0 Å².